The van der Waals surface area contributed by atoms with Crippen LogP contribution in [0.1, 0.15) is 241 Å². The van der Waals surface area contributed by atoms with Crippen LogP contribution in [0.2, 0.25) is 0 Å². The van der Waals surface area contributed by atoms with Crippen LogP contribution in [0.4, 0.5) is 0 Å². The molecule has 2 heterocycles. The predicted octanol–water partition coefficient (Wildman–Crippen LogP) is 27.3. The number of pyridine rings is 2. The van der Waals surface area contributed by atoms with Crippen LogP contribution < -0.4 is 0 Å². The summed E-state index contributed by atoms with van der Waals surface area (Å²) in [6.07, 6.45) is 37.9. The lowest BCUT2D eigenvalue weighted by molar-refractivity contribution is 0.398. The van der Waals surface area contributed by atoms with Gasteiger partial charge in [0.15, 0.2) is 0 Å². The third kappa shape index (κ3) is 14.1. The largest absolute Gasteiger partial charge is 0.254 e. The first-order valence-electron chi connectivity index (χ1n) is 36.8. The van der Waals surface area contributed by atoms with Crippen molar-refractivity contribution in [2.45, 2.75) is 232 Å². The fourth-order valence-electron chi connectivity index (χ4n) is 16.4. The summed E-state index contributed by atoms with van der Waals surface area (Å²) < 4.78 is 0. The van der Waals surface area contributed by atoms with Gasteiger partial charge in [-0.15, -0.1) is 0 Å². The van der Waals surface area contributed by atoms with E-state index in [0.717, 1.165) is 45.9 Å². The highest BCUT2D eigenvalue weighted by Crippen LogP contribution is 2.58. The van der Waals surface area contributed by atoms with Gasteiger partial charge in [-0.1, -0.05) is 320 Å². The Bertz CT molecular complexity index is 4050. The SMILES string of the molecule is CCCCCCCCC1(CCCCCCCC)c2cc(C)ccc2-c2ccc(-c3cc(-c4ccc5c(c4)C(CCCCCCCC)(CCCCCCCC)c4cc(-c6ccc(-c7ccc(C)cc7)cc6)ccc4-5)cc(-c4ccc5ccc6cccnc6c5n4)c3)cc21. The minimum absolute atomic E-state index is 0.0221. The Hall–Kier alpha value is -7.42. The van der Waals surface area contributed by atoms with Crippen LogP contribution in [0.3, 0.4) is 0 Å². The van der Waals surface area contributed by atoms with Crippen molar-refractivity contribution in [3.05, 3.63) is 216 Å². The molecule has 8 aromatic carbocycles. The Morgan fingerprint density at radius 3 is 1.07 bits per heavy atom. The maximum Gasteiger partial charge on any atom is 0.0972 e. The highest BCUT2D eigenvalue weighted by atomic mass is 14.8. The molecule has 92 heavy (non-hydrogen) atoms. The van der Waals surface area contributed by atoms with Crippen LogP contribution in [-0.4, -0.2) is 9.97 Å². The molecule has 0 fully saturated rings. The molecule has 0 spiro atoms. The predicted molar refractivity (Wildman–Crippen MR) is 398 cm³/mol. The number of hydrogen-bond acceptors (Lipinski definition) is 2. The minimum atomic E-state index is -0.106. The number of nitrogens with zero attached hydrogens (tertiary/aromatic N) is 2. The van der Waals surface area contributed by atoms with Crippen LogP contribution in [0.15, 0.2) is 182 Å². The Balaban J connectivity index is 1.00. The number of benzene rings is 8. The first kappa shape index (κ1) is 64.7. The molecule has 0 aliphatic heterocycles. The Morgan fingerprint density at radius 1 is 0.272 bits per heavy atom. The molecule has 0 saturated heterocycles. The highest BCUT2D eigenvalue weighted by molar-refractivity contribution is 6.03. The Morgan fingerprint density at radius 2 is 0.609 bits per heavy atom. The second-order valence-corrected chi connectivity index (χ2v) is 28.2. The van der Waals surface area contributed by atoms with Crippen LogP contribution in [0.25, 0.3) is 99.8 Å². The van der Waals surface area contributed by atoms with Crippen molar-refractivity contribution in [3.8, 4) is 78.0 Å². The summed E-state index contributed by atoms with van der Waals surface area (Å²) in [6, 6.07) is 69.2. The molecule has 474 valence electrons. The van der Waals surface area contributed by atoms with Crippen molar-refractivity contribution in [2.24, 2.45) is 0 Å². The van der Waals surface area contributed by atoms with Gasteiger partial charge in [0.1, 0.15) is 0 Å². The zero-order valence-corrected chi connectivity index (χ0v) is 57.0. The van der Waals surface area contributed by atoms with Crippen molar-refractivity contribution in [3.63, 3.8) is 0 Å². The van der Waals surface area contributed by atoms with Crippen molar-refractivity contribution in [2.75, 3.05) is 0 Å². The Kier molecular flexibility index (Phi) is 21.5. The molecule has 0 bridgehead atoms. The molecule has 2 nitrogen and oxygen atoms in total. The van der Waals surface area contributed by atoms with E-state index in [1.165, 1.54) is 250 Å². The summed E-state index contributed by atoms with van der Waals surface area (Å²) in [5, 5.41) is 2.23. The number of hydrogen-bond donors (Lipinski definition) is 0. The van der Waals surface area contributed by atoms with Gasteiger partial charge in [-0.25, -0.2) is 4.98 Å². The van der Waals surface area contributed by atoms with Crippen molar-refractivity contribution in [1.82, 2.24) is 9.97 Å². The van der Waals surface area contributed by atoms with Crippen molar-refractivity contribution in [1.29, 1.82) is 0 Å². The molecule has 2 aliphatic rings. The van der Waals surface area contributed by atoms with E-state index in [9.17, 15) is 0 Å². The molecule has 0 amide bonds. The van der Waals surface area contributed by atoms with Crippen LogP contribution in [0, 0.1) is 13.8 Å². The molecule has 12 rings (SSSR count). The van der Waals surface area contributed by atoms with E-state index in [2.05, 4.69) is 211 Å². The lowest BCUT2D eigenvalue weighted by Crippen LogP contribution is -2.25. The lowest BCUT2D eigenvalue weighted by atomic mass is 9.69. The van der Waals surface area contributed by atoms with Gasteiger partial charge in [0.25, 0.3) is 0 Å². The summed E-state index contributed by atoms with van der Waals surface area (Å²) in [4.78, 5) is 10.5. The highest BCUT2D eigenvalue weighted by Gasteiger charge is 2.44. The van der Waals surface area contributed by atoms with Crippen LogP contribution in [-0.2, 0) is 10.8 Å². The number of unbranched alkanes of at least 4 members (excludes halogenated alkanes) is 20. The molecule has 2 aromatic heterocycles. The van der Waals surface area contributed by atoms with E-state index in [4.69, 9.17) is 9.97 Å². The third-order valence-electron chi connectivity index (χ3n) is 21.6. The van der Waals surface area contributed by atoms with Crippen LogP contribution >= 0.6 is 0 Å². The van der Waals surface area contributed by atoms with Gasteiger partial charge in [-0.3, -0.25) is 4.98 Å². The standard InChI is InChI=1S/C90H104N2/c1-7-11-15-19-23-27-53-89(54-28-24-20-16-12-8-2)82-58-66(6)35-48-78(82)79-50-45-73(63-84(79)89)75-59-76(61-77(60-75)86-52-47-71-43-42-70-32-31-57-91-87(70)88(71)92-86)74-46-51-81-80-49-44-72(69-40-38-68(39-41-69)67-36-33-65(5)34-37-67)62-83(80)90(85(81)64-74,55-29-25-21-17-13-9-3)56-30-26-22-18-14-10-4/h31-52,57-64H,7-30,53-56H2,1-6H3. The van der Waals surface area contributed by atoms with E-state index < -0.39 is 0 Å². The van der Waals surface area contributed by atoms with Crippen LogP contribution in [0.5, 0.6) is 0 Å². The number of rotatable bonds is 33. The minimum Gasteiger partial charge on any atom is -0.254 e. The molecular formula is C90H104N2. The van der Waals surface area contributed by atoms with Gasteiger partial charge in [-0.2, -0.15) is 0 Å². The number of aromatic nitrogens is 2. The molecule has 2 heteroatoms. The van der Waals surface area contributed by atoms with E-state index in [1.54, 1.807) is 16.7 Å². The molecule has 10 aromatic rings. The quantitative estimate of drug-likeness (QED) is 0.0303. The zero-order chi connectivity index (χ0) is 63.3. The molecule has 0 saturated carbocycles. The average Bonchev–Trinajstić information content (AvgIpc) is 1.57. The average molecular weight is 1210 g/mol. The maximum absolute atomic E-state index is 5.60. The summed E-state index contributed by atoms with van der Waals surface area (Å²) in [5.74, 6) is 0. The van der Waals surface area contributed by atoms with E-state index in [-0.39, 0.29) is 10.8 Å². The fourth-order valence-corrected chi connectivity index (χ4v) is 16.4. The monoisotopic (exact) mass is 1210 g/mol. The second-order valence-electron chi connectivity index (χ2n) is 28.2. The first-order chi connectivity index (χ1) is 45.2. The van der Waals surface area contributed by atoms with Gasteiger partial charge in [0.05, 0.1) is 16.7 Å². The smallest absolute Gasteiger partial charge is 0.0972 e. The Labute approximate surface area is 554 Å². The van der Waals surface area contributed by atoms with Crippen molar-refractivity contribution >= 4 is 21.8 Å². The number of fused-ring (bicyclic) bond motifs is 9. The number of aryl methyl sites for hydroxylation is 2. The van der Waals surface area contributed by atoms with E-state index >= 15 is 0 Å². The molecule has 2 aliphatic carbocycles. The van der Waals surface area contributed by atoms with Crippen molar-refractivity contribution < 1.29 is 0 Å². The summed E-state index contributed by atoms with van der Waals surface area (Å²) in [6.45, 7) is 13.8. The normalized spacial score (nSPS) is 13.4. The summed E-state index contributed by atoms with van der Waals surface area (Å²) in [5.41, 5.74) is 28.8. The first-order valence-corrected chi connectivity index (χ1v) is 36.8. The molecule has 0 atom stereocenters. The molecule has 0 unspecified atom stereocenters. The molecular weight excluding hydrogens is 1110 g/mol. The van der Waals surface area contributed by atoms with Gasteiger partial charge in [-0.05, 0) is 177 Å². The fraction of sp³-hybridized carbons (Fsp3) is 0.400. The van der Waals surface area contributed by atoms with E-state index in [1.807, 2.05) is 12.3 Å². The molecule has 0 radical (unpaired) electrons. The second kappa shape index (κ2) is 30.6. The zero-order valence-electron chi connectivity index (χ0n) is 57.0. The summed E-state index contributed by atoms with van der Waals surface area (Å²) in [7, 11) is 0. The lowest BCUT2D eigenvalue weighted by Gasteiger charge is -2.33. The van der Waals surface area contributed by atoms with Gasteiger partial charge >= 0.3 is 0 Å². The third-order valence-corrected chi connectivity index (χ3v) is 21.6. The topological polar surface area (TPSA) is 25.8 Å². The van der Waals surface area contributed by atoms with E-state index in [0.29, 0.717) is 0 Å². The summed E-state index contributed by atoms with van der Waals surface area (Å²) >= 11 is 0. The van der Waals surface area contributed by atoms with Gasteiger partial charge in [0, 0.05) is 33.4 Å². The van der Waals surface area contributed by atoms with Gasteiger partial charge < -0.3 is 0 Å². The maximum atomic E-state index is 5.60. The molecule has 0 N–H and O–H groups in total. The van der Waals surface area contributed by atoms with Gasteiger partial charge in [0.2, 0.25) is 0 Å².